The van der Waals surface area contributed by atoms with Crippen LogP contribution in [0.15, 0.2) is 24.3 Å². The van der Waals surface area contributed by atoms with Gasteiger partial charge in [-0.2, -0.15) is 11.8 Å². The van der Waals surface area contributed by atoms with Crippen LogP contribution in [0.4, 0.5) is 4.39 Å². The van der Waals surface area contributed by atoms with Crippen molar-refractivity contribution in [1.82, 2.24) is 10.2 Å². The topological polar surface area (TPSA) is 52.6 Å². The lowest BCUT2D eigenvalue weighted by Crippen LogP contribution is -2.48. The molecule has 0 aliphatic carbocycles. The minimum atomic E-state index is -1.19. The molecule has 1 heterocycles. The normalized spacial score (nSPS) is 21.7. The van der Waals surface area contributed by atoms with E-state index in [1.807, 2.05) is 11.9 Å². The van der Waals surface area contributed by atoms with Crippen LogP contribution in [0.25, 0.3) is 0 Å². The molecule has 1 fully saturated rings. The van der Waals surface area contributed by atoms with Crippen LogP contribution in [0, 0.1) is 5.82 Å². The van der Waals surface area contributed by atoms with Crippen molar-refractivity contribution >= 4 is 17.7 Å². The minimum Gasteiger partial charge on any atom is -0.379 e. The molecule has 1 saturated heterocycles. The number of nitrogens with one attached hydrogen (secondary N) is 1. The molecule has 1 aliphatic rings. The van der Waals surface area contributed by atoms with Crippen molar-refractivity contribution in [3.05, 3.63) is 35.6 Å². The minimum absolute atomic E-state index is 0.239. The van der Waals surface area contributed by atoms with E-state index in [-0.39, 0.29) is 11.7 Å². The molecule has 0 spiro atoms. The molecule has 0 bridgehead atoms. The molecule has 0 aromatic heterocycles. The van der Waals surface area contributed by atoms with Gasteiger partial charge in [0.25, 0.3) is 5.91 Å². The molecule has 4 nitrogen and oxygen atoms in total. The number of benzene rings is 1. The summed E-state index contributed by atoms with van der Waals surface area (Å²) in [6.45, 7) is 1.85. The number of halogens is 1. The van der Waals surface area contributed by atoms with E-state index < -0.39 is 5.60 Å². The van der Waals surface area contributed by atoms with E-state index >= 15 is 0 Å². The zero-order valence-electron chi connectivity index (χ0n) is 12.1. The summed E-state index contributed by atoms with van der Waals surface area (Å²) in [5.74, 6) is 0.789. The van der Waals surface area contributed by atoms with Gasteiger partial charge in [-0.1, -0.05) is 12.1 Å². The first-order valence-electron chi connectivity index (χ1n) is 7.01. The molecule has 21 heavy (non-hydrogen) atoms. The first-order valence-corrected chi connectivity index (χ1v) is 8.16. The molecule has 116 valence electrons. The fourth-order valence-corrected chi connectivity index (χ4v) is 3.48. The van der Waals surface area contributed by atoms with Crippen molar-refractivity contribution in [2.45, 2.75) is 18.6 Å². The van der Waals surface area contributed by atoms with Crippen LogP contribution in [-0.2, 0) is 11.3 Å². The van der Waals surface area contributed by atoms with Gasteiger partial charge >= 0.3 is 0 Å². The van der Waals surface area contributed by atoms with Crippen molar-refractivity contribution in [2.75, 3.05) is 31.6 Å². The molecule has 1 atom stereocenters. The average molecular weight is 312 g/mol. The molecule has 0 radical (unpaired) electrons. The summed E-state index contributed by atoms with van der Waals surface area (Å²) in [5, 5.41) is 12.9. The summed E-state index contributed by atoms with van der Waals surface area (Å²) in [4.78, 5) is 14.0. The van der Waals surface area contributed by atoms with Crippen LogP contribution in [0.3, 0.4) is 0 Å². The third kappa shape index (κ3) is 4.69. The Morgan fingerprint density at radius 1 is 1.48 bits per heavy atom. The fraction of sp³-hybridized carbons (Fsp3) is 0.533. The summed E-state index contributed by atoms with van der Waals surface area (Å²) in [6.07, 6.45) is 0.523. The van der Waals surface area contributed by atoms with Crippen molar-refractivity contribution in [3.63, 3.8) is 0 Å². The Labute approximate surface area is 128 Å². The molecule has 1 unspecified atom stereocenters. The lowest BCUT2D eigenvalue weighted by molar-refractivity contribution is -0.137. The predicted molar refractivity (Wildman–Crippen MR) is 82.6 cm³/mol. The zero-order chi connectivity index (χ0) is 15.3. The largest absolute Gasteiger partial charge is 0.379 e. The van der Waals surface area contributed by atoms with Gasteiger partial charge < -0.3 is 15.3 Å². The Bertz CT molecular complexity index is 475. The van der Waals surface area contributed by atoms with Gasteiger partial charge in [0.2, 0.25) is 0 Å². The number of likely N-dealkylation sites (N-methyl/N-ethyl adjacent to an activating group) is 1. The maximum Gasteiger partial charge on any atom is 0.252 e. The van der Waals surface area contributed by atoms with Crippen molar-refractivity contribution < 1.29 is 14.3 Å². The van der Waals surface area contributed by atoms with Crippen molar-refractivity contribution in [2.24, 2.45) is 0 Å². The molecule has 1 amide bonds. The second kappa shape index (κ2) is 7.24. The molecule has 1 aromatic carbocycles. The van der Waals surface area contributed by atoms with E-state index in [1.54, 1.807) is 23.9 Å². The quantitative estimate of drug-likeness (QED) is 0.830. The Morgan fingerprint density at radius 2 is 2.19 bits per heavy atom. The highest BCUT2D eigenvalue weighted by Gasteiger charge is 2.39. The molecular formula is C15H21FN2O2S. The molecule has 2 N–H and O–H groups in total. The smallest absolute Gasteiger partial charge is 0.252 e. The number of rotatable bonds is 6. The van der Waals surface area contributed by atoms with Gasteiger partial charge in [-0.25, -0.2) is 4.39 Å². The Balaban J connectivity index is 1.70. The van der Waals surface area contributed by atoms with Crippen LogP contribution < -0.4 is 5.32 Å². The third-order valence-electron chi connectivity index (χ3n) is 3.57. The fourth-order valence-electron chi connectivity index (χ4n) is 2.24. The molecular weight excluding hydrogens is 291 g/mol. The maximum absolute atomic E-state index is 12.8. The van der Waals surface area contributed by atoms with E-state index in [0.717, 1.165) is 11.3 Å². The number of aliphatic hydroxyl groups is 1. The number of nitrogens with zero attached hydrogens (tertiary/aromatic N) is 1. The number of carbonyl (C=O) groups excluding carboxylic acids is 1. The van der Waals surface area contributed by atoms with Crippen LogP contribution >= 0.6 is 11.8 Å². The standard InChI is InChI=1S/C15H21FN2O2S/c1-18(10-12-2-4-13(16)5-3-12)8-7-17-14(19)15(20)6-9-21-11-15/h2-5,20H,6-11H2,1H3,(H,17,19). The molecule has 6 heteroatoms. The van der Waals surface area contributed by atoms with Gasteiger partial charge in [-0.3, -0.25) is 4.79 Å². The predicted octanol–water partition coefficient (Wildman–Crippen LogP) is 1.24. The van der Waals surface area contributed by atoms with E-state index in [0.29, 0.717) is 31.8 Å². The zero-order valence-corrected chi connectivity index (χ0v) is 13.0. The first-order chi connectivity index (χ1) is 9.99. The second-order valence-electron chi connectivity index (χ2n) is 5.45. The Morgan fingerprint density at radius 3 is 2.81 bits per heavy atom. The van der Waals surface area contributed by atoms with Gasteiger partial charge in [-0.15, -0.1) is 0 Å². The van der Waals surface area contributed by atoms with Crippen molar-refractivity contribution in [3.8, 4) is 0 Å². The number of hydrogen-bond donors (Lipinski definition) is 2. The van der Waals surface area contributed by atoms with E-state index in [1.165, 1.54) is 12.1 Å². The summed E-state index contributed by atoms with van der Waals surface area (Å²) < 4.78 is 12.8. The van der Waals surface area contributed by atoms with Crippen LogP contribution in [-0.4, -0.2) is 53.2 Å². The second-order valence-corrected chi connectivity index (χ2v) is 6.56. The van der Waals surface area contributed by atoms with Gasteiger partial charge in [0.1, 0.15) is 5.82 Å². The molecule has 1 aromatic rings. The van der Waals surface area contributed by atoms with Crippen LogP contribution in [0.1, 0.15) is 12.0 Å². The van der Waals surface area contributed by atoms with E-state index in [9.17, 15) is 14.3 Å². The van der Waals surface area contributed by atoms with Crippen molar-refractivity contribution in [1.29, 1.82) is 0 Å². The SMILES string of the molecule is CN(CCNC(=O)C1(O)CCSC1)Cc1ccc(F)cc1. The number of thioether (sulfide) groups is 1. The highest BCUT2D eigenvalue weighted by atomic mass is 32.2. The highest BCUT2D eigenvalue weighted by molar-refractivity contribution is 7.99. The summed E-state index contributed by atoms with van der Waals surface area (Å²) in [7, 11) is 1.94. The molecule has 0 saturated carbocycles. The number of hydrogen-bond acceptors (Lipinski definition) is 4. The number of amides is 1. The summed E-state index contributed by atoms with van der Waals surface area (Å²) in [5.41, 5.74) is -0.170. The van der Waals surface area contributed by atoms with Crippen LogP contribution in [0.5, 0.6) is 0 Å². The monoisotopic (exact) mass is 312 g/mol. The lowest BCUT2D eigenvalue weighted by Gasteiger charge is -2.22. The van der Waals surface area contributed by atoms with E-state index in [2.05, 4.69) is 5.32 Å². The average Bonchev–Trinajstić information content (AvgIpc) is 2.89. The molecule has 1 aliphatic heterocycles. The van der Waals surface area contributed by atoms with Crippen LogP contribution in [0.2, 0.25) is 0 Å². The first kappa shape index (κ1) is 16.3. The van der Waals surface area contributed by atoms with Gasteiger partial charge in [0, 0.05) is 25.4 Å². The Hall–Kier alpha value is -1.11. The van der Waals surface area contributed by atoms with E-state index in [4.69, 9.17) is 0 Å². The summed E-state index contributed by atoms with van der Waals surface area (Å²) in [6, 6.07) is 6.39. The van der Waals surface area contributed by atoms with Gasteiger partial charge in [-0.05, 0) is 36.9 Å². The third-order valence-corrected chi connectivity index (χ3v) is 4.74. The Kier molecular flexibility index (Phi) is 5.61. The molecule has 2 rings (SSSR count). The lowest BCUT2D eigenvalue weighted by atomic mass is 10.0. The highest BCUT2D eigenvalue weighted by Crippen LogP contribution is 2.27. The van der Waals surface area contributed by atoms with Gasteiger partial charge in [0.05, 0.1) is 0 Å². The van der Waals surface area contributed by atoms with Gasteiger partial charge in [0.15, 0.2) is 5.60 Å². The summed E-state index contributed by atoms with van der Waals surface area (Å²) >= 11 is 1.60. The number of carbonyl (C=O) groups is 1. The maximum atomic E-state index is 12.8.